The molecule has 1 unspecified atom stereocenters. The van der Waals surface area contributed by atoms with Crippen molar-refractivity contribution in [2.75, 3.05) is 5.75 Å². The van der Waals surface area contributed by atoms with Gasteiger partial charge in [-0.2, -0.15) is 0 Å². The zero-order chi connectivity index (χ0) is 21.6. The fourth-order valence-corrected chi connectivity index (χ4v) is 4.00. The van der Waals surface area contributed by atoms with Crippen LogP contribution in [-0.2, 0) is 4.79 Å². The van der Waals surface area contributed by atoms with Crippen LogP contribution < -0.4 is 5.32 Å². The summed E-state index contributed by atoms with van der Waals surface area (Å²) < 4.78 is 1.95. The van der Waals surface area contributed by atoms with E-state index >= 15 is 0 Å². The molecule has 1 amide bonds. The first kappa shape index (κ1) is 21.1. The highest BCUT2D eigenvalue weighted by Gasteiger charge is 2.18. The Bertz CT molecular complexity index is 1150. The molecule has 1 N–H and O–H groups in total. The van der Waals surface area contributed by atoms with Crippen LogP contribution in [0.1, 0.15) is 18.5 Å². The first-order valence-electron chi connectivity index (χ1n) is 9.70. The number of pyridine rings is 1. The van der Waals surface area contributed by atoms with Gasteiger partial charge in [0.2, 0.25) is 5.91 Å². The van der Waals surface area contributed by atoms with E-state index in [4.69, 9.17) is 11.6 Å². The Labute approximate surface area is 189 Å². The van der Waals surface area contributed by atoms with Crippen molar-refractivity contribution in [2.24, 2.45) is 0 Å². The Morgan fingerprint density at radius 1 is 1.03 bits per heavy atom. The minimum Gasteiger partial charge on any atom is -0.349 e. The van der Waals surface area contributed by atoms with Crippen LogP contribution in [0.2, 0.25) is 5.02 Å². The molecular weight excluding hydrogens is 430 g/mol. The molecule has 0 aliphatic heterocycles. The molecule has 0 radical (unpaired) electrons. The second-order valence-corrected chi connectivity index (χ2v) is 8.22. The Morgan fingerprint density at radius 3 is 2.45 bits per heavy atom. The minimum absolute atomic E-state index is 0.0828. The predicted molar refractivity (Wildman–Crippen MR) is 123 cm³/mol. The zero-order valence-corrected chi connectivity index (χ0v) is 18.3. The molecule has 0 aliphatic rings. The number of nitrogens with zero attached hydrogens (tertiary/aromatic N) is 4. The van der Waals surface area contributed by atoms with Crippen LogP contribution in [0.4, 0.5) is 0 Å². The summed E-state index contributed by atoms with van der Waals surface area (Å²) in [6, 6.07) is 21.0. The average Bonchev–Trinajstić information content (AvgIpc) is 3.23. The molecule has 0 saturated carbocycles. The van der Waals surface area contributed by atoms with Crippen LogP contribution in [0.25, 0.3) is 17.1 Å². The number of amides is 1. The van der Waals surface area contributed by atoms with Crippen LogP contribution in [-0.4, -0.2) is 31.4 Å². The quantitative estimate of drug-likeness (QED) is 0.404. The fourth-order valence-electron chi connectivity index (χ4n) is 3.11. The van der Waals surface area contributed by atoms with Crippen LogP contribution in [0.15, 0.2) is 84.3 Å². The molecule has 2 aromatic heterocycles. The maximum absolute atomic E-state index is 12.6. The van der Waals surface area contributed by atoms with Crippen LogP contribution >= 0.6 is 23.4 Å². The molecule has 6 nitrogen and oxygen atoms in total. The zero-order valence-electron chi connectivity index (χ0n) is 16.8. The summed E-state index contributed by atoms with van der Waals surface area (Å²) in [6.45, 7) is 1.94. The summed E-state index contributed by atoms with van der Waals surface area (Å²) >= 11 is 7.29. The summed E-state index contributed by atoms with van der Waals surface area (Å²) in [4.78, 5) is 16.6. The normalized spacial score (nSPS) is 11.8. The minimum atomic E-state index is -0.121. The molecule has 8 heteroatoms. The molecular formula is C23H20ClN5OS. The monoisotopic (exact) mass is 449 g/mol. The third-order valence-corrected chi connectivity index (χ3v) is 5.85. The molecule has 4 aromatic rings. The number of hydrogen-bond donors (Lipinski definition) is 1. The second kappa shape index (κ2) is 9.76. The van der Waals surface area contributed by atoms with Crippen LogP contribution in [0.5, 0.6) is 0 Å². The van der Waals surface area contributed by atoms with Crippen molar-refractivity contribution in [3.05, 3.63) is 89.7 Å². The maximum atomic E-state index is 12.6. The van der Waals surface area contributed by atoms with E-state index in [0.29, 0.717) is 16.0 Å². The molecule has 0 bridgehead atoms. The third-order valence-electron chi connectivity index (χ3n) is 4.67. The lowest BCUT2D eigenvalue weighted by atomic mass is 10.1. The number of carbonyl (C=O) groups is 1. The van der Waals surface area contributed by atoms with Crippen LogP contribution in [0, 0.1) is 0 Å². The van der Waals surface area contributed by atoms with Gasteiger partial charge in [0.25, 0.3) is 0 Å². The molecule has 0 spiro atoms. The second-order valence-electron chi connectivity index (χ2n) is 6.84. The lowest BCUT2D eigenvalue weighted by Gasteiger charge is -2.14. The highest BCUT2D eigenvalue weighted by molar-refractivity contribution is 7.99. The number of aromatic nitrogens is 4. The summed E-state index contributed by atoms with van der Waals surface area (Å²) in [5, 5.41) is 13.1. The molecule has 156 valence electrons. The van der Waals surface area contributed by atoms with E-state index < -0.39 is 0 Å². The van der Waals surface area contributed by atoms with E-state index in [1.165, 1.54) is 11.8 Å². The van der Waals surface area contributed by atoms with Crippen molar-refractivity contribution in [3.63, 3.8) is 0 Å². The van der Waals surface area contributed by atoms with Gasteiger partial charge in [-0.1, -0.05) is 53.7 Å². The number of benzene rings is 2. The van der Waals surface area contributed by atoms with Crippen molar-refractivity contribution >= 4 is 29.3 Å². The largest absolute Gasteiger partial charge is 0.349 e. The summed E-state index contributed by atoms with van der Waals surface area (Å²) in [5.74, 6) is 0.839. The van der Waals surface area contributed by atoms with Gasteiger partial charge >= 0.3 is 0 Å². The Kier molecular flexibility index (Phi) is 6.64. The van der Waals surface area contributed by atoms with Crippen molar-refractivity contribution in [1.29, 1.82) is 0 Å². The topological polar surface area (TPSA) is 72.7 Å². The van der Waals surface area contributed by atoms with E-state index in [1.54, 1.807) is 12.4 Å². The van der Waals surface area contributed by atoms with Gasteiger partial charge < -0.3 is 5.32 Å². The number of carbonyl (C=O) groups excluding carboxylic acids is 1. The molecule has 0 fully saturated rings. The van der Waals surface area contributed by atoms with Crippen molar-refractivity contribution in [1.82, 2.24) is 25.1 Å². The van der Waals surface area contributed by atoms with E-state index in [-0.39, 0.29) is 17.7 Å². The number of nitrogens with one attached hydrogen (secondary N) is 1. The molecule has 2 aromatic carbocycles. The molecule has 4 rings (SSSR count). The Morgan fingerprint density at radius 2 is 1.74 bits per heavy atom. The number of thioether (sulfide) groups is 1. The maximum Gasteiger partial charge on any atom is 0.230 e. The van der Waals surface area contributed by atoms with Gasteiger partial charge in [-0.25, -0.2) is 0 Å². The van der Waals surface area contributed by atoms with Gasteiger partial charge in [-0.3, -0.25) is 14.3 Å². The van der Waals surface area contributed by atoms with Gasteiger partial charge in [0.1, 0.15) is 0 Å². The Balaban J connectivity index is 1.51. The Hall–Kier alpha value is -3.16. The van der Waals surface area contributed by atoms with Crippen LogP contribution in [0.3, 0.4) is 0 Å². The van der Waals surface area contributed by atoms with E-state index in [0.717, 1.165) is 16.8 Å². The summed E-state index contributed by atoms with van der Waals surface area (Å²) in [6.07, 6.45) is 3.44. The number of hydrogen-bond acceptors (Lipinski definition) is 5. The fraction of sp³-hybridized carbons (Fsp3) is 0.130. The highest BCUT2D eigenvalue weighted by atomic mass is 35.5. The number of para-hydroxylation sites is 1. The molecule has 31 heavy (non-hydrogen) atoms. The highest BCUT2D eigenvalue weighted by Crippen LogP contribution is 2.27. The summed E-state index contributed by atoms with van der Waals surface area (Å²) in [5.41, 5.74) is 2.82. The van der Waals surface area contributed by atoms with E-state index in [2.05, 4.69) is 20.5 Å². The lowest BCUT2D eigenvalue weighted by Crippen LogP contribution is -2.28. The van der Waals surface area contributed by atoms with E-state index in [1.807, 2.05) is 78.2 Å². The SMILES string of the molecule is CC(NC(=O)CSc1nnc(-c2ccncc2)n1-c1ccccc1)c1ccc(Cl)cc1. The lowest BCUT2D eigenvalue weighted by molar-refractivity contribution is -0.119. The molecule has 0 saturated heterocycles. The van der Waals surface area contributed by atoms with Crippen molar-refractivity contribution in [3.8, 4) is 17.1 Å². The van der Waals surface area contributed by atoms with Gasteiger partial charge in [0.15, 0.2) is 11.0 Å². The van der Waals surface area contributed by atoms with E-state index in [9.17, 15) is 4.79 Å². The number of rotatable bonds is 7. The first-order valence-corrected chi connectivity index (χ1v) is 11.1. The molecule has 2 heterocycles. The first-order chi connectivity index (χ1) is 15.1. The number of halogens is 1. The third kappa shape index (κ3) is 5.13. The summed E-state index contributed by atoms with van der Waals surface area (Å²) in [7, 11) is 0. The van der Waals surface area contributed by atoms with Crippen molar-refractivity contribution in [2.45, 2.75) is 18.1 Å². The molecule has 0 aliphatic carbocycles. The standard InChI is InChI=1S/C23H20ClN5OS/c1-16(17-7-9-19(24)10-8-17)26-21(30)15-31-23-28-27-22(18-11-13-25-14-12-18)29(23)20-5-3-2-4-6-20/h2-14,16H,15H2,1H3,(H,26,30). The van der Waals surface area contributed by atoms with Gasteiger partial charge in [0.05, 0.1) is 11.8 Å². The average molecular weight is 450 g/mol. The smallest absolute Gasteiger partial charge is 0.230 e. The van der Waals surface area contributed by atoms with Crippen molar-refractivity contribution < 1.29 is 4.79 Å². The van der Waals surface area contributed by atoms with Gasteiger partial charge in [-0.05, 0) is 48.9 Å². The molecule has 1 atom stereocenters. The predicted octanol–water partition coefficient (Wildman–Crippen LogP) is 4.95. The van der Waals surface area contributed by atoms with Gasteiger partial charge in [-0.15, -0.1) is 10.2 Å². The van der Waals surface area contributed by atoms with Gasteiger partial charge in [0, 0.05) is 28.7 Å².